The molecule has 3 aromatic heterocycles. The fourth-order valence-electron chi connectivity index (χ4n) is 5.46. The first kappa shape index (κ1) is 26.6. The maximum atomic E-state index is 12.9. The molecule has 4 aromatic rings. The molecule has 216 valence electrons. The van der Waals surface area contributed by atoms with Crippen molar-refractivity contribution in [2.45, 2.75) is 44.6 Å². The fourth-order valence-corrected chi connectivity index (χ4v) is 5.46. The van der Waals surface area contributed by atoms with Crippen LogP contribution in [0, 0.1) is 24.2 Å². The zero-order valence-corrected chi connectivity index (χ0v) is 23.6. The summed E-state index contributed by atoms with van der Waals surface area (Å²) < 4.78 is 7.91. The van der Waals surface area contributed by atoms with Crippen LogP contribution in [0.4, 0.5) is 16.2 Å². The quantitative estimate of drug-likeness (QED) is 0.311. The average Bonchev–Trinajstić information content (AvgIpc) is 3.93. The van der Waals surface area contributed by atoms with E-state index in [1.165, 1.54) is 11.9 Å². The number of likely N-dealkylation sites (N-methyl/N-ethyl adjacent to an activating group) is 1. The molecular formula is C31H28N8O4. The number of carbonyl (C=O) groups is 3. The number of carbonyl (C=O) groups excluding carboxylic acids is 3. The van der Waals surface area contributed by atoms with Crippen LogP contribution in [0.3, 0.4) is 0 Å². The van der Waals surface area contributed by atoms with Crippen molar-refractivity contribution in [3.05, 3.63) is 77.3 Å². The van der Waals surface area contributed by atoms with Crippen LogP contribution in [0.2, 0.25) is 0 Å². The molecule has 0 bridgehead atoms. The number of hydrogen-bond donors (Lipinski definition) is 1. The van der Waals surface area contributed by atoms with Crippen molar-refractivity contribution in [3.8, 4) is 11.8 Å². The van der Waals surface area contributed by atoms with Crippen LogP contribution in [-0.2, 0) is 16.2 Å². The van der Waals surface area contributed by atoms with Crippen LogP contribution in [0.25, 0.3) is 5.65 Å². The van der Waals surface area contributed by atoms with Gasteiger partial charge in [0, 0.05) is 54.9 Å². The maximum Gasteiger partial charge on any atom is 0.331 e. The molecule has 0 spiro atoms. The molecule has 2 aliphatic carbocycles. The van der Waals surface area contributed by atoms with Gasteiger partial charge >= 0.3 is 6.03 Å². The van der Waals surface area contributed by atoms with E-state index >= 15 is 0 Å². The van der Waals surface area contributed by atoms with Gasteiger partial charge in [-0.3, -0.25) is 19.4 Å². The lowest BCUT2D eigenvalue weighted by molar-refractivity contribution is -0.124. The summed E-state index contributed by atoms with van der Waals surface area (Å²) in [4.78, 5) is 54.0. The number of rotatable bonds is 8. The minimum Gasteiger partial charge on any atom is -0.486 e. The lowest BCUT2D eigenvalue weighted by Crippen LogP contribution is -2.30. The summed E-state index contributed by atoms with van der Waals surface area (Å²) in [7, 11) is 1.47. The van der Waals surface area contributed by atoms with E-state index in [4.69, 9.17) is 9.72 Å². The Kier molecular flexibility index (Phi) is 6.30. The lowest BCUT2D eigenvalue weighted by atomic mass is 10.1. The predicted molar refractivity (Wildman–Crippen MR) is 154 cm³/mol. The van der Waals surface area contributed by atoms with Gasteiger partial charge in [0.2, 0.25) is 11.8 Å². The largest absolute Gasteiger partial charge is 0.486 e. The van der Waals surface area contributed by atoms with E-state index in [1.807, 2.05) is 35.9 Å². The van der Waals surface area contributed by atoms with Gasteiger partial charge in [0.25, 0.3) is 0 Å². The van der Waals surface area contributed by atoms with Crippen molar-refractivity contribution in [3.63, 3.8) is 0 Å². The molecule has 7 rings (SSSR count). The van der Waals surface area contributed by atoms with Gasteiger partial charge in [0.15, 0.2) is 5.65 Å². The number of urea groups is 1. The molecule has 2 saturated carbocycles. The molecule has 4 amide bonds. The minimum absolute atomic E-state index is 0.0104. The van der Waals surface area contributed by atoms with E-state index in [-0.39, 0.29) is 42.8 Å². The van der Waals surface area contributed by atoms with E-state index in [0.29, 0.717) is 52.2 Å². The van der Waals surface area contributed by atoms with Crippen LogP contribution in [0.1, 0.15) is 59.4 Å². The summed E-state index contributed by atoms with van der Waals surface area (Å²) in [6, 6.07) is 10.4. The van der Waals surface area contributed by atoms with Crippen molar-refractivity contribution in [1.82, 2.24) is 24.3 Å². The van der Waals surface area contributed by atoms with Crippen molar-refractivity contribution in [2.24, 2.45) is 5.92 Å². The second-order valence-electron chi connectivity index (χ2n) is 11.3. The number of imide groups is 1. The maximum absolute atomic E-state index is 12.9. The van der Waals surface area contributed by atoms with Crippen molar-refractivity contribution in [2.75, 3.05) is 23.8 Å². The monoisotopic (exact) mass is 576 g/mol. The summed E-state index contributed by atoms with van der Waals surface area (Å²) in [5, 5.41) is 12.6. The Balaban J connectivity index is 1.09. The smallest absolute Gasteiger partial charge is 0.331 e. The zero-order valence-electron chi connectivity index (χ0n) is 23.6. The summed E-state index contributed by atoms with van der Waals surface area (Å²) in [5.41, 5.74) is 4.49. The van der Waals surface area contributed by atoms with E-state index in [0.717, 1.165) is 29.0 Å². The third kappa shape index (κ3) is 5.03. The number of aromatic nitrogens is 4. The number of aryl methyl sites for hydroxylation is 1. The van der Waals surface area contributed by atoms with E-state index < -0.39 is 0 Å². The first-order chi connectivity index (χ1) is 20.8. The van der Waals surface area contributed by atoms with Crippen LogP contribution in [0.15, 0.2) is 48.9 Å². The Bertz CT molecular complexity index is 1860. The van der Waals surface area contributed by atoms with Crippen molar-refractivity contribution in [1.29, 1.82) is 5.26 Å². The third-order valence-corrected chi connectivity index (χ3v) is 8.15. The first-order valence-electron chi connectivity index (χ1n) is 14.2. The second kappa shape index (κ2) is 10.2. The number of nitriles is 1. The molecule has 1 aromatic carbocycles. The molecule has 1 N–H and O–H groups in total. The zero-order chi connectivity index (χ0) is 29.8. The Morgan fingerprint density at radius 1 is 1.16 bits per heavy atom. The molecule has 12 heteroatoms. The van der Waals surface area contributed by atoms with Gasteiger partial charge in [0.1, 0.15) is 30.8 Å². The van der Waals surface area contributed by atoms with Crippen molar-refractivity contribution >= 4 is 34.9 Å². The molecule has 1 aliphatic heterocycles. The Labute approximate surface area is 246 Å². The second-order valence-corrected chi connectivity index (χ2v) is 11.3. The van der Waals surface area contributed by atoms with Crippen LogP contribution < -0.4 is 15.0 Å². The molecule has 3 aliphatic rings. The number of amides is 4. The van der Waals surface area contributed by atoms with Gasteiger partial charge in [-0.15, -0.1) is 0 Å². The number of nitrogens with one attached hydrogen (secondary N) is 1. The minimum atomic E-state index is -0.387. The van der Waals surface area contributed by atoms with Gasteiger partial charge in [-0.05, 0) is 61.9 Å². The molecule has 4 heterocycles. The standard InChI is InChI=1S/C31H28N8O4/c1-17-7-8-33-28(34-17)23-11-24(23)30(41)36-21-6-5-19(12-32)26(10-21)43-16-22-14-38-13-20(18-3-4-18)9-25(29(38)35-22)39-15-27(40)37(2)31(39)42/h5-10,13-14,18,23-24H,3-4,11,15-16H2,1-2H3,(H,36,41). The van der Waals surface area contributed by atoms with Crippen LogP contribution in [-0.4, -0.2) is 55.7 Å². The highest BCUT2D eigenvalue weighted by molar-refractivity contribution is 6.13. The van der Waals surface area contributed by atoms with Crippen molar-refractivity contribution < 1.29 is 19.1 Å². The topological polar surface area (TPSA) is 146 Å². The molecule has 3 fully saturated rings. The lowest BCUT2D eigenvalue weighted by Gasteiger charge is -2.17. The Morgan fingerprint density at radius 3 is 2.72 bits per heavy atom. The normalized spacial score (nSPS) is 19.6. The van der Waals surface area contributed by atoms with E-state index in [9.17, 15) is 19.6 Å². The van der Waals surface area contributed by atoms with Gasteiger partial charge in [0.05, 0.1) is 16.9 Å². The third-order valence-electron chi connectivity index (χ3n) is 8.15. The average molecular weight is 577 g/mol. The van der Waals surface area contributed by atoms with Gasteiger partial charge in [-0.2, -0.15) is 5.26 Å². The molecule has 2 unspecified atom stereocenters. The molecular weight excluding hydrogens is 548 g/mol. The molecule has 2 atom stereocenters. The summed E-state index contributed by atoms with van der Waals surface area (Å²) in [6.07, 6.45) is 8.37. The highest BCUT2D eigenvalue weighted by Crippen LogP contribution is 2.46. The van der Waals surface area contributed by atoms with Gasteiger partial charge in [-0.1, -0.05) is 0 Å². The number of pyridine rings is 1. The number of anilines is 2. The highest BCUT2D eigenvalue weighted by Gasteiger charge is 2.46. The number of hydrogen-bond acceptors (Lipinski definition) is 8. The van der Waals surface area contributed by atoms with Crippen LogP contribution in [0.5, 0.6) is 5.75 Å². The molecule has 1 saturated heterocycles. The number of fused-ring (bicyclic) bond motifs is 1. The van der Waals surface area contributed by atoms with E-state index in [1.54, 1.807) is 24.4 Å². The predicted octanol–water partition coefficient (Wildman–Crippen LogP) is 3.90. The molecule has 43 heavy (non-hydrogen) atoms. The van der Waals surface area contributed by atoms with Gasteiger partial charge in [-0.25, -0.2) is 19.7 Å². The van der Waals surface area contributed by atoms with Crippen LogP contribution >= 0.6 is 0 Å². The number of ether oxygens (including phenoxy) is 1. The molecule has 12 nitrogen and oxygen atoms in total. The first-order valence-corrected chi connectivity index (χ1v) is 14.2. The van der Waals surface area contributed by atoms with Gasteiger partial charge < -0.3 is 14.5 Å². The van der Waals surface area contributed by atoms with E-state index in [2.05, 4.69) is 21.4 Å². The molecule has 0 radical (unpaired) electrons. The summed E-state index contributed by atoms with van der Waals surface area (Å²) >= 11 is 0. The number of benzene rings is 1. The SMILES string of the molecule is Cc1ccnc(C2CC2C(=O)Nc2ccc(C#N)c(OCc3cn4cc(C5CC5)cc(N5CC(=O)N(C)C5=O)c4n3)c2)n1. The summed E-state index contributed by atoms with van der Waals surface area (Å²) in [5.74, 6) is 0.778. The number of nitrogens with zero attached hydrogens (tertiary/aromatic N) is 7. The number of imidazole rings is 1. The summed E-state index contributed by atoms with van der Waals surface area (Å²) in [6.45, 7) is 1.91. The fraction of sp³-hybridized carbons (Fsp3) is 0.323. The Hall–Kier alpha value is -5.31. The Morgan fingerprint density at radius 2 is 2.00 bits per heavy atom. The highest BCUT2D eigenvalue weighted by atomic mass is 16.5.